The number of aliphatic carboxylic acids is 1. The Kier molecular flexibility index (Phi) is 29.8. The number of carboxylic acid groups (broad SMARTS) is 1. The summed E-state index contributed by atoms with van der Waals surface area (Å²) in [6.45, 7) is 25.4. The van der Waals surface area contributed by atoms with E-state index in [0.717, 1.165) is 42.4 Å². The van der Waals surface area contributed by atoms with Gasteiger partial charge in [0.05, 0.1) is 5.92 Å². The summed E-state index contributed by atoms with van der Waals surface area (Å²) < 4.78 is 26.6. The summed E-state index contributed by atoms with van der Waals surface area (Å²) in [4.78, 5) is 17.7. The van der Waals surface area contributed by atoms with Crippen LogP contribution in [-0.2, 0) is 11.2 Å². The van der Waals surface area contributed by atoms with Crippen molar-refractivity contribution in [2.45, 2.75) is 139 Å². The minimum Gasteiger partial charge on any atom is -0.481 e. The molecule has 0 amide bonds. The van der Waals surface area contributed by atoms with Crippen molar-refractivity contribution in [3.63, 3.8) is 0 Å². The molecule has 2 aliphatic rings. The molecule has 1 aromatic carbocycles. The number of carbonyl (C=O) groups is 1. The molecular weight excluding hydrogens is 626 g/mol. The number of aliphatic imine (C=N–C) groups is 1. The highest BCUT2D eigenvalue weighted by Crippen LogP contribution is 2.32. The first-order valence-corrected chi connectivity index (χ1v) is 19.1. The Hall–Kier alpha value is -2.60. The monoisotopic (exact) mass is 703 g/mol. The van der Waals surface area contributed by atoms with Gasteiger partial charge in [-0.1, -0.05) is 131 Å². The summed E-state index contributed by atoms with van der Waals surface area (Å²) in [5, 5.41) is 8.77. The lowest BCUT2D eigenvalue weighted by atomic mass is 9.88. The van der Waals surface area contributed by atoms with E-state index < -0.39 is 17.6 Å². The summed E-state index contributed by atoms with van der Waals surface area (Å²) in [5.41, 5.74) is 3.03. The number of benzene rings is 1. The Labute approximate surface area is 307 Å². The van der Waals surface area contributed by atoms with Gasteiger partial charge in [-0.2, -0.15) is 0 Å². The molecule has 6 heteroatoms. The van der Waals surface area contributed by atoms with Gasteiger partial charge in [0.2, 0.25) is 0 Å². The summed E-state index contributed by atoms with van der Waals surface area (Å²) in [5.74, 6) is 0.289. The number of unbranched alkanes of at least 4 members (excludes halogenated alkanes) is 4. The fourth-order valence-electron chi connectivity index (χ4n) is 6.53. The van der Waals surface area contributed by atoms with E-state index in [1.807, 2.05) is 13.8 Å². The molecule has 3 rings (SSSR count). The first-order valence-electron chi connectivity index (χ1n) is 19.1. The zero-order chi connectivity index (χ0) is 37.2. The highest BCUT2D eigenvalue weighted by Gasteiger charge is 2.26. The number of hydrogen-bond acceptors (Lipinski definition) is 3. The van der Waals surface area contributed by atoms with Crippen LogP contribution in [0.25, 0.3) is 0 Å². The smallest absolute Gasteiger partial charge is 0.306 e. The summed E-state index contributed by atoms with van der Waals surface area (Å²) in [6.07, 6.45) is 21.0. The van der Waals surface area contributed by atoms with Crippen molar-refractivity contribution in [1.82, 2.24) is 4.90 Å². The summed E-state index contributed by atoms with van der Waals surface area (Å²) in [6, 6.07) is 4.09. The predicted molar refractivity (Wildman–Crippen MR) is 215 cm³/mol. The Morgan fingerprint density at radius 1 is 0.980 bits per heavy atom. The Balaban J connectivity index is 0. The third-order valence-corrected chi connectivity index (χ3v) is 9.72. The minimum atomic E-state index is -0.802. The SMILES string of the molecule is C.C=CC=C.CCCCC(C(=O)O)C(C)C.CCCCCC.CN=C(/C=C(\C)C1CCN(CC2CCC(C)C2)CC1)Cc1ccc(F)c(F)c1. The lowest BCUT2D eigenvalue weighted by Gasteiger charge is -2.34. The van der Waals surface area contributed by atoms with Crippen molar-refractivity contribution >= 4 is 11.7 Å². The minimum absolute atomic E-state index is 0. The Bertz CT molecular complexity index is 1100. The normalized spacial score (nSPS) is 18.7. The maximum Gasteiger partial charge on any atom is 0.306 e. The highest BCUT2D eigenvalue weighted by molar-refractivity contribution is 5.97. The van der Waals surface area contributed by atoms with Crippen LogP contribution in [0.1, 0.15) is 139 Å². The van der Waals surface area contributed by atoms with Crippen molar-refractivity contribution in [3.05, 3.63) is 72.4 Å². The molecule has 3 atom stereocenters. The van der Waals surface area contributed by atoms with Crippen molar-refractivity contribution in [2.75, 3.05) is 26.7 Å². The van der Waals surface area contributed by atoms with Crippen molar-refractivity contribution < 1.29 is 18.7 Å². The molecule has 0 aromatic heterocycles. The van der Waals surface area contributed by atoms with E-state index in [1.165, 1.54) is 95.1 Å². The van der Waals surface area contributed by atoms with Crippen LogP contribution >= 0.6 is 0 Å². The molecule has 2 fully saturated rings. The molecule has 0 spiro atoms. The van der Waals surface area contributed by atoms with Crippen LogP contribution < -0.4 is 0 Å². The molecular formula is C44H76F2N2O2. The standard InChI is InChI=1S/C24H34F2N2.C9H18O2.C6H14.C4H6.CH4/c1-17-4-5-20(12-17)16-28-10-8-21(9-11-28)18(2)13-22(27-3)14-19-6-7-23(25)24(26)15-19;1-4-5-6-8(7(2)3)9(10)11;1-3-5-6-4-2;1-3-4-2;/h6-7,13,15,17,20-21H,4-5,8-12,14,16H2,1-3H3;7-8H,4-6H2,1-3H3,(H,10,11);3-6H2,1-2H3;3-4H,1-2H2;1H4/b18-13+,27-22?;;;;. The van der Waals surface area contributed by atoms with Crippen LogP contribution in [-0.4, -0.2) is 48.4 Å². The van der Waals surface area contributed by atoms with Crippen LogP contribution in [0.2, 0.25) is 0 Å². The van der Waals surface area contributed by atoms with E-state index in [1.54, 1.807) is 25.3 Å². The first kappa shape index (κ1) is 49.5. The number of allylic oxidation sites excluding steroid dienone is 4. The quantitative estimate of drug-likeness (QED) is 0.112. The molecule has 50 heavy (non-hydrogen) atoms. The van der Waals surface area contributed by atoms with Crippen molar-refractivity contribution in [3.8, 4) is 0 Å². The predicted octanol–water partition coefficient (Wildman–Crippen LogP) is 12.8. The second-order valence-corrected chi connectivity index (χ2v) is 14.4. The molecule has 0 bridgehead atoms. The molecule has 1 saturated heterocycles. The van der Waals surface area contributed by atoms with Crippen LogP contribution in [0.3, 0.4) is 0 Å². The van der Waals surface area contributed by atoms with Crippen molar-refractivity contribution in [2.24, 2.45) is 34.6 Å². The summed E-state index contributed by atoms with van der Waals surface area (Å²) >= 11 is 0. The fourth-order valence-corrected chi connectivity index (χ4v) is 6.53. The third-order valence-electron chi connectivity index (χ3n) is 9.72. The molecule has 1 N–H and O–H groups in total. The van der Waals surface area contributed by atoms with Gasteiger partial charge < -0.3 is 10.0 Å². The van der Waals surface area contributed by atoms with E-state index in [0.29, 0.717) is 12.3 Å². The van der Waals surface area contributed by atoms with Gasteiger partial charge in [-0.25, -0.2) is 8.78 Å². The number of carboxylic acids is 1. The summed E-state index contributed by atoms with van der Waals surface area (Å²) in [7, 11) is 1.77. The van der Waals surface area contributed by atoms with E-state index in [-0.39, 0.29) is 19.3 Å². The number of rotatable bonds is 15. The fraction of sp³-hybridized carbons (Fsp3) is 0.682. The number of piperidine rings is 1. The van der Waals surface area contributed by atoms with Gasteiger partial charge in [0.15, 0.2) is 11.6 Å². The third kappa shape index (κ3) is 22.3. The zero-order valence-corrected chi connectivity index (χ0v) is 32.6. The average molecular weight is 703 g/mol. The van der Waals surface area contributed by atoms with Gasteiger partial charge in [-0.15, -0.1) is 0 Å². The number of likely N-dealkylation sites (tertiary alicyclic amines) is 1. The second-order valence-electron chi connectivity index (χ2n) is 14.4. The van der Waals surface area contributed by atoms with Crippen molar-refractivity contribution in [1.29, 1.82) is 0 Å². The molecule has 4 nitrogen and oxygen atoms in total. The average Bonchev–Trinajstić information content (AvgIpc) is 3.49. The lowest BCUT2D eigenvalue weighted by Crippen LogP contribution is -2.37. The van der Waals surface area contributed by atoms with Gasteiger partial charge in [0.25, 0.3) is 0 Å². The maximum atomic E-state index is 13.5. The highest BCUT2D eigenvalue weighted by atomic mass is 19.2. The van der Waals surface area contributed by atoms with Gasteiger partial charge in [-0.05, 0) is 99.6 Å². The Morgan fingerprint density at radius 2 is 1.56 bits per heavy atom. The van der Waals surface area contributed by atoms with Crippen LogP contribution in [0.5, 0.6) is 0 Å². The van der Waals surface area contributed by atoms with E-state index in [2.05, 4.69) is 63.7 Å². The molecule has 1 aliphatic heterocycles. The van der Waals surface area contributed by atoms with Gasteiger partial charge >= 0.3 is 5.97 Å². The molecule has 1 heterocycles. The zero-order valence-electron chi connectivity index (χ0n) is 32.6. The van der Waals surface area contributed by atoms with E-state index in [9.17, 15) is 13.6 Å². The topological polar surface area (TPSA) is 52.9 Å². The van der Waals surface area contributed by atoms with E-state index >= 15 is 0 Å². The van der Waals surface area contributed by atoms with Gasteiger partial charge in [0.1, 0.15) is 0 Å². The number of halogens is 2. The molecule has 1 saturated carbocycles. The molecule has 3 unspecified atom stereocenters. The van der Waals surface area contributed by atoms with Gasteiger partial charge in [-0.3, -0.25) is 9.79 Å². The lowest BCUT2D eigenvalue weighted by molar-refractivity contribution is -0.143. The molecule has 288 valence electrons. The van der Waals surface area contributed by atoms with Crippen LogP contribution in [0, 0.1) is 41.2 Å². The number of nitrogens with zero attached hydrogens (tertiary/aromatic N) is 2. The van der Waals surface area contributed by atoms with Crippen LogP contribution in [0.15, 0.2) is 60.2 Å². The largest absolute Gasteiger partial charge is 0.481 e. The molecule has 1 aliphatic carbocycles. The molecule has 0 radical (unpaired) electrons. The Morgan fingerprint density at radius 3 is 1.98 bits per heavy atom. The van der Waals surface area contributed by atoms with Crippen LogP contribution in [0.4, 0.5) is 8.78 Å². The molecule has 1 aromatic rings. The van der Waals surface area contributed by atoms with E-state index in [4.69, 9.17) is 5.11 Å². The number of hydrogen-bond donors (Lipinski definition) is 1. The maximum absolute atomic E-state index is 13.5. The first-order chi connectivity index (χ1) is 23.4. The second kappa shape index (κ2) is 30.1. The van der Waals surface area contributed by atoms with Gasteiger partial charge in [0, 0.05) is 25.7 Å².